The summed E-state index contributed by atoms with van der Waals surface area (Å²) < 4.78 is 5.99. The zero-order chi connectivity index (χ0) is 13.8. The maximum atomic E-state index is 5.99. The van der Waals surface area contributed by atoms with Gasteiger partial charge in [-0.25, -0.2) is 0 Å². The summed E-state index contributed by atoms with van der Waals surface area (Å²) in [5.74, 6) is 0. The number of morpholine rings is 1. The van der Waals surface area contributed by atoms with Gasteiger partial charge >= 0.3 is 0 Å². The van der Waals surface area contributed by atoms with Crippen LogP contribution in [0.4, 0.5) is 0 Å². The van der Waals surface area contributed by atoms with Crippen LogP contribution in [0.15, 0.2) is 54.9 Å². The van der Waals surface area contributed by atoms with E-state index < -0.39 is 0 Å². The summed E-state index contributed by atoms with van der Waals surface area (Å²) in [5.41, 5.74) is 2.52. The van der Waals surface area contributed by atoms with Gasteiger partial charge in [-0.3, -0.25) is 9.88 Å². The van der Waals surface area contributed by atoms with Crippen molar-refractivity contribution in [2.45, 2.75) is 25.6 Å². The zero-order valence-corrected chi connectivity index (χ0v) is 11.8. The average molecular weight is 268 g/mol. The van der Waals surface area contributed by atoms with E-state index in [0.29, 0.717) is 6.04 Å². The number of hydrogen-bond acceptors (Lipinski definition) is 3. The van der Waals surface area contributed by atoms with Crippen molar-refractivity contribution in [2.24, 2.45) is 0 Å². The minimum Gasteiger partial charge on any atom is -0.371 e. The normalized spacial score (nSPS) is 23.6. The molecule has 104 valence electrons. The standard InChI is InChI=1S/C17H20N2O/c1-14-13-20-17(16-7-3-2-4-8-16)12-19(14)11-15-6-5-9-18-10-15/h2-10,14,17H,11-13H2,1H3/t14-,17+/m1/s1. The Morgan fingerprint density at radius 2 is 2.05 bits per heavy atom. The van der Waals surface area contributed by atoms with Crippen LogP contribution in [-0.4, -0.2) is 29.1 Å². The third-order valence-corrected chi connectivity index (χ3v) is 3.84. The third-order valence-electron chi connectivity index (χ3n) is 3.84. The third kappa shape index (κ3) is 3.06. The lowest BCUT2D eigenvalue weighted by Gasteiger charge is -2.38. The van der Waals surface area contributed by atoms with Gasteiger partial charge in [0.15, 0.2) is 0 Å². The quantitative estimate of drug-likeness (QED) is 0.855. The molecule has 1 fully saturated rings. The molecule has 2 aromatic rings. The number of aromatic nitrogens is 1. The lowest BCUT2D eigenvalue weighted by molar-refractivity contribution is -0.0633. The molecule has 0 N–H and O–H groups in total. The van der Waals surface area contributed by atoms with Crippen molar-refractivity contribution in [2.75, 3.05) is 13.2 Å². The van der Waals surface area contributed by atoms with E-state index in [9.17, 15) is 0 Å². The van der Waals surface area contributed by atoms with Crippen molar-refractivity contribution in [1.29, 1.82) is 0 Å². The number of ether oxygens (including phenoxy) is 1. The second-order valence-corrected chi connectivity index (χ2v) is 5.37. The highest BCUT2D eigenvalue weighted by molar-refractivity contribution is 5.19. The fraction of sp³-hybridized carbons (Fsp3) is 0.353. The van der Waals surface area contributed by atoms with Gasteiger partial charge in [-0.05, 0) is 24.1 Å². The smallest absolute Gasteiger partial charge is 0.0952 e. The van der Waals surface area contributed by atoms with Gasteiger partial charge in [0.05, 0.1) is 12.7 Å². The first kappa shape index (κ1) is 13.3. The van der Waals surface area contributed by atoms with Crippen molar-refractivity contribution < 1.29 is 4.74 Å². The lowest BCUT2D eigenvalue weighted by atomic mass is 10.1. The van der Waals surface area contributed by atoms with Crippen LogP contribution in [0.5, 0.6) is 0 Å². The van der Waals surface area contributed by atoms with Crippen molar-refractivity contribution in [3.8, 4) is 0 Å². The molecule has 0 amide bonds. The van der Waals surface area contributed by atoms with Crippen LogP contribution < -0.4 is 0 Å². The number of rotatable bonds is 3. The molecule has 3 heteroatoms. The largest absolute Gasteiger partial charge is 0.371 e. The van der Waals surface area contributed by atoms with Crippen LogP contribution in [0, 0.1) is 0 Å². The van der Waals surface area contributed by atoms with Crippen molar-refractivity contribution >= 4 is 0 Å². The molecule has 1 saturated heterocycles. The van der Waals surface area contributed by atoms with Crippen LogP contribution in [0.25, 0.3) is 0 Å². The highest BCUT2D eigenvalue weighted by atomic mass is 16.5. The summed E-state index contributed by atoms with van der Waals surface area (Å²) >= 11 is 0. The minimum absolute atomic E-state index is 0.170. The van der Waals surface area contributed by atoms with Gasteiger partial charge in [-0.2, -0.15) is 0 Å². The first-order valence-corrected chi connectivity index (χ1v) is 7.12. The maximum absolute atomic E-state index is 5.99. The number of benzene rings is 1. The predicted molar refractivity (Wildman–Crippen MR) is 79.2 cm³/mol. The van der Waals surface area contributed by atoms with E-state index in [0.717, 1.165) is 19.7 Å². The predicted octanol–water partition coefficient (Wildman–Crippen LogP) is 3.04. The molecule has 1 aliphatic rings. The summed E-state index contributed by atoms with van der Waals surface area (Å²) in [4.78, 5) is 6.66. The van der Waals surface area contributed by atoms with Crippen LogP contribution >= 0.6 is 0 Å². The van der Waals surface area contributed by atoms with Crippen LogP contribution in [0.2, 0.25) is 0 Å². The van der Waals surface area contributed by atoms with Crippen molar-refractivity contribution in [3.63, 3.8) is 0 Å². The molecule has 3 rings (SSSR count). The molecule has 1 aromatic carbocycles. The first-order chi connectivity index (χ1) is 9.83. The summed E-state index contributed by atoms with van der Waals surface area (Å²) in [6.07, 6.45) is 3.93. The van der Waals surface area contributed by atoms with E-state index in [1.807, 2.05) is 24.5 Å². The van der Waals surface area contributed by atoms with Gasteiger partial charge in [-0.1, -0.05) is 36.4 Å². The Morgan fingerprint density at radius 3 is 2.80 bits per heavy atom. The van der Waals surface area contributed by atoms with Gasteiger partial charge in [-0.15, -0.1) is 0 Å². The molecule has 2 heterocycles. The number of pyridine rings is 1. The van der Waals surface area contributed by atoms with Crippen LogP contribution in [0.1, 0.15) is 24.2 Å². The molecular weight excluding hydrogens is 248 g/mol. The summed E-state index contributed by atoms with van der Waals surface area (Å²) in [5, 5.41) is 0. The van der Waals surface area contributed by atoms with E-state index in [1.54, 1.807) is 0 Å². The molecular formula is C17H20N2O. The Labute approximate surface area is 120 Å². The molecule has 0 aliphatic carbocycles. The molecule has 2 atom stereocenters. The fourth-order valence-corrected chi connectivity index (χ4v) is 2.62. The summed E-state index contributed by atoms with van der Waals surface area (Å²) in [6.45, 7) is 4.86. The zero-order valence-electron chi connectivity index (χ0n) is 11.8. The molecule has 20 heavy (non-hydrogen) atoms. The molecule has 0 bridgehead atoms. The molecule has 0 radical (unpaired) electrons. The molecule has 1 aromatic heterocycles. The maximum Gasteiger partial charge on any atom is 0.0952 e. The van der Waals surface area contributed by atoms with Crippen molar-refractivity contribution in [3.05, 3.63) is 66.0 Å². The van der Waals surface area contributed by atoms with Crippen LogP contribution in [0.3, 0.4) is 0 Å². The number of nitrogens with zero attached hydrogens (tertiary/aromatic N) is 2. The number of hydrogen-bond donors (Lipinski definition) is 0. The Morgan fingerprint density at radius 1 is 1.20 bits per heavy atom. The molecule has 1 aliphatic heterocycles. The molecule has 0 saturated carbocycles. The molecule has 0 spiro atoms. The first-order valence-electron chi connectivity index (χ1n) is 7.12. The minimum atomic E-state index is 0.170. The Kier molecular flexibility index (Phi) is 4.09. The van der Waals surface area contributed by atoms with E-state index in [-0.39, 0.29) is 6.10 Å². The monoisotopic (exact) mass is 268 g/mol. The van der Waals surface area contributed by atoms with Gasteiger partial charge in [0, 0.05) is 31.5 Å². The topological polar surface area (TPSA) is 25.4 Å². The average Bonchev–Trinajstić information content (AvgIpc) is 2.51. The van der Waals surface area contributed by atoms with E-state index in [4.69, 9.17) is 4.74 Å². The van der Waals surface area contributed by atoms with E-state index in [2.05, 4.69) is 47.1 Å². The summed E-state index contributed by atoms with van der Waals surface area (Å²) in [6, 6.07) is 15.0. The van der Waals surface area contributed by atoms with Gasteiger partial charge in [0.25, 0.3) is 0 Å². The van der Waals surface area contributed by atoms with Crippen LogP contribution in [-0.2, 0) is 11.3 Å². The fourth-order valence-electron chi connectivity index (χ4n) is 2.62. The van der Waals surface area contributed by atoms with Crippen molar-refractivity contribution in [1.82, 2.24) is 9.88 Å². The molecule has 3 nitrogen and oxygen atoms in total. The Balaban J connectivity index is 1.71. The SMILES string of the molecule is C[C@@H]1CO[C@H](c2ccccc2)CN1Cc1cccnc1. The Bertz CT molecular complexity index is 529. The second kappa shape index (κ2) is 6.16. The summed E-state index contributed by atoms with van der Waals surface area (Å²) in [7, 11) is 0. The van der Waals surface area contributed by atoms with Gasteiger partial charge in [0.1, 0.15) is 0 Å². The van der Waals surface area contributed by atoms with Gasteiger partial charge in [0.2, 0.25) is 0 Å². The Hall–Kier alpha value is -1.71. The van der Waals surface area contributed by atoms with E-state index in [1.165, 1.54) is 11.1 Å². The second-order valence-electron chi connectivity index (χ2n) is 5.37. The highest BCUT2D eigenvalue weighted by Gasteiger charge is 2.26. The van der Waals surface area contributed by atoms with E-state index >= 15 is 0 Å². The van der Waals surface area contributed by atoms with Gasteiger partial charge < -0.3 is 4.74 Å². The highest BCUT2D eigenvalue weighted by Crippen LogP contribution is 2.25. The molecule has 0 unspecified atom stereocenters. The lowest BCUT2D eigenvalue weighted by Crippen LogP contribution is -2.44.